The number of hydrogen-bond donors (Lipinski definition) is 0. The molecule has 0 bridgehead atoms. The van der Waals surface area contributed by atoms with Crippen molar-refractivity contribution in [3.05, 3.63) is 29.8 Å². The van der Waals surface area contributed by atoms with Crippen molar-refractivity contribution in [2.45, 2.75) is 56.6 Å². The summed E-state index contributed by atoms with van der Waals surface area (Å²) in [7, 11) is 0. The van der Waals surface area contributed by atoms with E-state index in [2.05, 4.69) is 13.8 Å². The van der Waals surface area contributed by atoms with E-state index in [-0.39, 0.29) is 17.6 Å². The maximum absolute atomic E-state index is 12.3. The highest BCUT2D eigenvalue weighted by Crippen LogP contribution is 2.55. The van der Waals surface area contributed by atoms with Gasteiger partial charge in [0, 0.05) is 11.0 Å². The van der Waals surface area contributed by atoms with Crippen LogP contribution in [0.4, 0.5) is 0 Å². The van der Waals surface area contributed by atoms with Gasteiger partial charge in [0.2, 0.25) is 0 Å². The number of benzene rings is 1. The lowest BCUT2D eigenvalue weighted by molar-refractivity contribution is 0.0958. The summed E-state index contributed by atoms with van der Waals surface area (Å²) in [6.45, 7) is 4.92. The summed E-state index contributed by atoms with van der Waals surface area (Å²) in [5.41, 5.74) is 1.06. The fraction of sp³-hybridized carbons (Fsp3) is 0.625. The van der Waals surface area contributed by atoms with Gasteiger partial charge in [0.15, 0.2) is 11.1 Å². The van der Waals surface area contributed by atoms with Crippen molar-refractivity contribution in [3.8, 4) is 0 Å². The van der Waals surface area contributed by atoms with Crippen LogP contribution >= 0.6 is 0 Å². The average molecular weight is 294 g/mol. The number of fused-ring (bicyclic) bond motifs is 3. The fourth-order valence-corrected chi connectivity index (χ4v) is 4.26. The Labute approximate surface area is 123 Å². The molecule has 4 heteroatoms. The molecule has 1 aromatic rings. The van der Waals surface area contributed by atoms with Crippen molar-refractivity contribution in [2.24, 2.45) is 5.41 Å². The van der Waals surface area contributed by atoms with Gasteiger partial charge in [0.1, 0.15) is 6.10 Å². The molecular formula is C16H22O3S. The zero-order valence-corrected chi connectivity index (χ0v) is 12.9. The average Bonchev–Trinajstić information content (AvgIpc) is 3.27. The third kappa shape index (κ3) is 2.34. The van der Waals surface area contributed by atoms with Gasteiger partial charge in [-0.3, -0.25) is 4.18 Å². The first-order valence-corrected chi connectivity index (χ1v) is 8.59. The van der Waals surface area contributed by atoms with Gasteiger partial charge in [-0.25, -0.2) is 4.21 Å². The van der Waals surface area contributed by atoms with Crippen LogP contribution in [0.2, 0.25) is 0 Å². The number of hydrogen-bond acceptors (Lipinski definition) is 3. The van der Waals surface area contributed by atoms with Crippen LogP contribution in [0.25, 0.3) is 0 Å². The quantitative estimate of drug-likeness (QED) is 0.794. The molecule has 110 valence electrons. The third-order valence-electron chi connectivity index (χ3n) is 4.69. The van der Waals surface area contributed by atoms with Crippen molar-refractivity contribution in [3.63, 3.8) is 0 Å². The van der Waals surface area contributed by atoms with Crippen LogP contribution in [-0.4, -0.2) is 16.9 Å². The first-order valence-electron chi connectivity index (χ1n) is 7.51. The molecule has 4 atom stereocenters. The van der Waals surface area contributed by atoms with Crippen LogP contribution < -0.4 is 0 Å². The first-order chi connectivity index (χ1) is 9.72. The predicted molar refractivity (Wildman–Crippen MR) is 78.7 cm³/mol. The summed E-state index contributed by atoms with van der Waals surface area (Å²) in [6.07, 6.45) is 4.75. The molecule has 2 aliphatic rings. The van der Waals surface area contributed by atoms with E-state index in [1.807, 2.05) is 24.3 Å². The summed E-state index contributed by atoms with van der Waals surface area (Å²) >= 11 is -1.37. The monoisotopic (exact) mass is 294 g/mol. The van der Waals surface area contributed by atoms with Gasteiger partial charge in [-0.05, 0) is 18.9 Å². The molecule has 20 heavy (non-hydrogen) atoms. The molecule has 0 aliphatic carbocycles. The number of rotatable bonds is 4. The lowest BCUT2D eigenvalue weighted by Crippen LogP contribution is -2.34. The fourth-order valence-electron chi connectivity index (χ4n) is 3.22. The zero-order chi connectivity index (χ0) is 14.2. The van der Waals surface area contributed by atoms with E-state index in [0.29, 0.717) is 6.61 Å². The Morgan fingerprint density at radius 2 is 2.15 bits per heavy atom. The van der Waals surface area contributed by atoms with Crippen molar-refractivity contribution < 1.29 is 13.1 Å². The van der Waals surface area contributed by atoms with Gasteiger partial charge >= 0.3 is 0 Å². The summed E-state index contributed by atoms with van der Waals surface area (Å²) in [4.78, 5) is 0.778. The Kier molecular flexibility index (Phi) is 3.98. The van der Waals surface area contributed by atoms with Gasteiger partial charge in [-0.1, -0.05) is 44.9 Å². The van der Waals surface area contributed by atoms with Crippen molar-refractivity contribution in [2.75, 3.05) is 6.61 Å². The van der Waals surface area contributed by atoms with Crippen LogP contribution in [0.1, 0.15) is 51.2 Å². The zero-order valence-electron chi connectivity index (χ0n) is 12.1. The molecule has 0 spiro atoms. The van der Waals surface area contributed by atoms with Crippen LogP contribution in [0.3, 0.4) is 0 Å². The highest BCUT2D eigenvalue weighted by Gasteiger charge is 2.56. The molecule has 0 amide bonds. The van der Waals surface area contributed by atoms with Gasteiger partial charge < -0.3 is 4.74 Å². The summed E-state index contributed by atoms with van der Waals surface area (Å²) < 4.78 is 24.0. The van der Waals surface area contributed by atoms with Crippen molar-refractivity contribution >= 4 is 11.1 Å². The molecule has 1 saturated heterocycles. The third-order valence-corrected chi connectivity index (χ3v) is 5.75. The van der Waals surface area contributed by atoms with Crippen LogP contribution in [0.15, 0.2) is 29.2 Å². The van der Waals surface area contributed by atoms with E-state index < -0.39 is 11.1 Å². The van der Waals surface area contributed by atoms with E-state index in [4.69, 9.17) is 8.92 Å². The lowest BCUT2D eigenvalue weighted by atomic mass is 9.76. The van der Waals surface area contributed by atoms with Crippen LogP contribution in [0.5, 0.6) is 0 Å². The standard InChI is InChI=1S/C16H22O3S/c1-3-5-10-16(4-2)11-18-20(17)13-9-7-6-8-12(13)14-15(16)19-14/h6-9,14-15H,3-5,10-11H2,1-2H3/t14-,15-,16-,20?/m1/s1. The maximum Gasteiger partial charge on any atom is 0.189 e. The molecule has 1 fully saturated rings. The van der Waals surface area contributed by atoms with Gasteiger partial charge in [0.25, 0.3) is 0 Å². The second-order valence-corrected chi connectivity index (χ2v) is 6.98. The SMILES string of the molecule is CCCC[C@]1(CC)COS(=O)c2ccccc2[C@H]2O[C@H]21. The minimum atomic E-state index is -1.37. The minimum Gasteiger partial charge on any atom is -0.364 e. The van der Waals surface area contributed by atoms with Crippen molar-refractivity contribution in [1.29, 1.82) is 0 Å². The van der Waals surface area contributed by atoms with Crippen LogP contribution in [0, 0.1) is 5.41 Å². The number of unbranched alkanes of at least 4 members (excludes halogenated alkanes) is 1. The molecule has 0 saturated carbocycles. The number of ether oxygens (including phenoxy) is 1. The van der Waals surface area contributed by atoms with E-state index >= 15 is 0 Å². The van der Waals surface area contributed by atoms with E-state index in [1.54, 1.807) is 0 Å². The second-order valence-electron chi connectivity index (χ2n) is 5.83. The molecule has 3 rings (SSSR count). The highest BCUT2D eigenvalue weighted by molar-refractivity contribution is 7.80. The summed E-state index contributed by atoms with van der Waals surface area (Å²) in [6, 6.07) is 7.79. The Morgan fingerprint density at radius 3 is 2.90 bits per heavy atom. The first kappa shape index (κ1) is 14.2. The smallest absolute Gasteiger partial charge is 0.189 e. The highest BCUT2D eigenvalue weighted by atomic mass is 32.2. The molecule has 0 radical (unpaired) electrons. The van der Waals surface area contributed by atoms with Gasteiger partial charge in [-0.15, -0.1) is 0 Å². The van der Waals surface area contributed by atoms with Gasteiger partial charge in [0.05, 0.1) is 17.6 Å². The molecular weight excluding hydrogens is 272 g/mol. The summed E-state index contributed by atoms with van der Waals surface area (Å²) in [5, 5.41) is 0. The normalized spacial score (nSPS) is 35.6. The van der Waals surface area contributed by atoms with E-state index in [1.165, 1.54) is 6.42 Å². The molecule has 2 heterocycles. The predicted octanol–water partition coefficient (Wildman–Crippen LogP) is 3.77. The lowest BCUT2D eigenvalue weighted by Gasteiger charge is -2.32. The van der Waals surface area contributed by atoms with Gasteiger partial charge in [-0.2, -0.15) is 0 Å². The van der Waals surface area contributed by atoms with Crippen LogP contribution in [-0.2, 0) is 20.0 Å². The Bertz CT molecular complexity index is 516. The largest absolute Gasteiger partial charge is 0.364 e. The molecule has 1 aromatic carbocycles. The Hall–Kier alpha value is -0.710. The molecule has 0 aromatic heterocycles. The molecule has 0 N–H and O–H groups in total. The van der Waals surface area contributed by atoms with E-state index in [9.17, 15) is 4.21 Å². The Morgan fingerprint density at radius 1 is 1.35 bits per heavy atom. The Balaban J connectivity index is 1.93. The molecule has 1 unspecified atom stereocenters. The maximum atomic E-state index is 12.3. The molecule has 2 aliphatic heterocycles. The van der Waals surface area contributed by atoms with Crippen molar-refractivity contribution in [1.82, 2.24) is 0 Å². The topological polar surface area (TPSA) is 38.8 Å². The summed E-state index contributed by atoms with van der Waals surface area (Å²) in [5.74, 6) is 0. The minimum absolute atomic E-state index is 0.0177. The second kappa shape index (κ2) is 5.58. The molecule has 3 nitrogen and oxygen atoms in total. The number of epoxide rings is 1. The van der Waals surface area contributed by atoms with E-state index in [0.717, 1.165) is 29.7 Å².